The van der Waals surface area contributed by atoms with E-state index < -0.39 is 0 Å². The maximum Gasteiger partial charge on any atom is 0.225 e. The molecule has 3 N–H and O–H groups in total. The summed E-state index contributed by atoms with van der Waals surface area (Å²) in [7, 11) is 0. The molecule has 0 amide bonds. The number of para-hydroxylation sites is 1. The molecule has 3 aromatic rings. The molecule has 0 aliphatic carbocycles. The summed E-state index contributed by atoms with van der Waals surface area (Å²) in [6, 6.07) is 15.2. The van der Waals surface area contributed by atoms with Gasteiger partial charge in [0.1, 0.15) is 5.82 Å². The Morgan fingerprint density at radius 1 is 1.04 bits per heavy atom. The molecule has 1 aromatic carbocycles. The second-order valence-electron chi connectivity index (χ2n) is 6.46. The van der Waals surface area contributed by atoms with Gasteiger partial charge in [0.25, 0.3) is 0 Å². The zero-order chi connectivity index (χ0) is 19.2. The van der Waals surface area contributed by atoms with E-state index in [1.54, 1.807) is 6.20 Å². The SMILES string of the molecule is CC(C)[C@H](CO)Nc1nc(Nc2ccccc2Br)cc(-c2ccccn2)n1. The molecule has 27 heavy (non-hydrogen) atoms. The number of nitrogens with zero attached hydrogens (tertiary/aromatic N) is 3. The standard InChI is InChI=1S/C20H22BrN5O/c1-13(2)18(12-27)25-20-24-17(16-9-5-6-10-22-16)11-19(26-20)23-15-8-4-3-7-14(15)21/h3-11,13,18,27H,12H2,1-2H3,(H2,23,24,25,26)/t18-/m0/s1. The largest absolute Gasteiger partial charge is 0.394 e. The molecule has 0 saturated heterocycles. The van der Waals surface area contributed by atoms with Crippen molar-refractivity contribution < 1.29 is 5.11 Å². The summed E-state index contributed by atoms with van der Waals surface area (Å²) < 4.78 is 0.938. The first-order chi connectivity index (χ1) is 13.1. The number of rotatable bonds is 7. The van der Waals surface area contributed by atoms with E-state index in [1.807, 2.05) is 62.4 Å². The maximum atomic E-state index is 9.63. The Labute approximate surface area is 167 Å². The van der Waals surface area contributed by atoms with Gasteiger partial charge in [-0.15, -0.1) is 0 Å². The number of aliphatic hydroxyl groups is 1. The van der Waals surface area contributed by atoms with Crippen molar-refractivity contribution in [3.63, 3.8) is 0 Å². The molecule has 2 heterocycles. The van der Waals surface area contributed by atoms with Gasteiger partial charge in [-0.1, -0.05) is 32.0 Å². The highest BCUT2D eigenvalue weighted by atomic mass is 79.9. The van der Waals surface area contributed by atoms with Crippen LogP contribution in [-0.4, -0.2) is 32.7 Å². The molecule has 0 radical (unpaired) electrons. The Bertz CT molecular complexity index is 889. The van der Waals surface area contributed by atoms with Crippen molar-refractivity contribution in [1.82, 2.24) is 15.0 Å². The molecule has 0 unspecified atom stereocenters. The lowest BCUT2D eigenvalue weighted by molar-refractivity contribution is 0.248. The number of nitrogens with one attached hydrogen (secondary N) is 2. The van der Waals surface area contributed by atoms with Crippen LogP contribution in [0.25, 0.3) is 11.4 Å². The second kappa shape index (κ2) is 8.92. The Balaban J connectivity index is 1.99. The first-order valence-electron chi connectivity index (χ1n) is 8.76. The summed E-state index contributed by atoms with van der Waals surface area (Å²) in [6.45, 7) is 4.08. The molecule has 0 bridgehead atoms. The van der Waals surface area contributed by atoms with Gasteiger partial charge in [-0.05, 0) is 46.1 Å². The topological polar surface area (TPSA) is 83.0 Å². The van der Waals surface area contributed by atoms with Crippen molar-refractivity contribution in [3.8, 4) is 11.4 Å². The van der Waals surface area contributed by atoms with Crippen molar-refractivity contribution in [3.05, 3.63) is 59.2 Å². The van der Waals surface area contributed by atoms with E-state index in [2.05, 4.69) is 41.5 Å². The van der Waals surface area contributed by atoms with Crippen LogP contribution in [0.2, 0.25) is 0 Å². The average molecular weight is 428 g/mol. The summed E-state index contributed by atoms with van der Waals surface area (Å²) in [6.07, 6.45) is 1.73. The highest BCUT2D eigenvalue weighted by Crippen LogP contribution is 2.27. The Morgan fingerprint density at radius 3 is 2.48 bits per heavy atom. The highest BCUT2D eigenvalue weighted by Gasteiger charge is 2.15. The molecular weight excluding hydrogens is 406 g/mol. The van der Waals surface area contributed by atoms with E-state index in [1.165, 1.54) is 0 Å². The third-order valence-electron chi connectivity index (χ3n) is 4.11. The summed E-state index contributed by atoms with van der Waals surface area (Å²) in [4.78, 5) is 13.5. The molecular formula is C20H22BrN5O. The third-order valence-corrected chi connectivity index (χ3v) is 4.80. The monoisotopic (exact) mass is 427 g/mol. The third kappa shape index (κ3) is 5.02. The van der Waals surface area contributed by atoms with Crippen LogP contribution in [0.1, 0.15) is 13.8 Å². The lowest BCUT2D eigenvalue weighted by atomic mass is 10.1. The first-order valence-corrected chi connectivity index (χ1v) is 9.55. The molecule has 7 heteroatoms. The molecule has 0 aliphatic rings. The minimum atomic E-state index is -0.139. The van der Waals surface area contributed by atoms with E-state index in [0.717, 1.165) is 15.9 Å². The molecule has 140 valence electrons. The minimum absolute atomic E-state index is 0.00182. The van der Waals surface area contributed by atoms with Gasteiger partial charge in [0.15, 0.2) is 0 Å². The van der Waals surface area contributed by atoms with Gasteiger partial charge in [0, 0.05) is 16.7 Å². The van der Waals surface area contributed by atoms with Gasteiger partial charge in [-0.2, -0.15) is 4.98 Å². The van der Waals surface area contributed by atoms with E-state index in [-0.39, 0.29) is 18.6 Å². The molecule has 0 spiro atoms. The molecule has 0 aliphatic heterocycles. The number of aliphatic hydroxyl groups excluding tert-OH is 1. The number of hydrogen-bond donors (Lipinski definition) is 3. The van der Waals surface area contributed by atoms with Crippen LogP contribution >= 0.6 is 15.9 Å². The van der Waals surface area contributed by atoms with E-state index in [4.69, 9.17) is 0 Å². The van der Waals surface area contributed by atoms with Crippen LogP contribution in [0, 0.1) is 5.92 Å². The van der Waals surface area contributed by atoms with Crippen LogP contribution in [0.5, 0.6) is 0 Å². The number of pyridine rings is 1. The fourth-order valence-electron chi connectivity index (χ4n) is 2.51. The van der Waals surface area contributed by atoms with Crippen molar-refractivity contribution in [2.75, 3.05) is 17.2 Å². The van der Waals surface area contributed by atoms with Crippen molar-refractivity contribution in [2.45, 2.75) is 19.9 Å². The van der Waals surface area contributed by atoms with Crippen molar-refractivity contribution in [1.29, 1.82) is 0 Å². The fourth-order valence-corrected chi connectivity index (χ4v) is 2.89. The zero-order valence-electron chi connectivity index (χ0n) is 15.2. The quantitative estimate of drug-likeness (QED) is 0.515. The smallest absolute Gasteiger partial charge is 0.225 e. The Morgan fingerprint density at radius 2 is 1.81 bits per heavy atom. The van der Waals surface area contributed by atoms with Crippen LogP contribution in [0.3, 0.4) is 0 Å². The van der Waals surface area contributed by atoms with Gasteiger partial charge in [-0.25, -0.2) is 4.98 Å². The normalized spacial score (nSPS) is 12.0. The predicted octanol–water partition coefficient (Wildman–Crippen LogP) is 4.47. The number of hydrogen-bond acceptors (Lipinski definition) is 6. The second-order valence-corrected chi connectivity index (χ2v) is 7.31. The number of halogens is 1. The van der Waals surface area contributed by atoms with E-state index >= 15 is 0 Å². The molecule has 0 fully saturated rings. The maximum absolute atomic E-state index is 9.63. The number of benzene rings is 1. The fraction of sp³-hybridized carbons (Fsp3) is 0.250. The molecule has 2 aromatic heterocycles. The van der Waals surface area contributed by atoms with Crippen LogP contribution in [-0.2, 0) is 0 Å². The van der Waals surface area contributed by atoms with Crippen molar-refractivity contribution >= 4 is 33.4 Å². The van der Waals surface area contributed by atoms with Crippen LogP contribution in [0.15, 0.2) is 59.2 Å². The van der Waals surface area contributed by atoms with E-state index in [9.17, 15) is 5.11 Å². The van der Waals surface area contributed by atoms with Crippen LogP contribution in [0.4, 0.5) is 17.5 Å². The molecule has 3 rings (SSSR count). The minimum Gasteiger partial charge on any atom is -0.394 e. The van der Waals surface area contributed by atoms with Gasteiger partial charge >= 0.3 is 0 Å². The summed E-state index contributed by atoms with van der Waals surface area (Å²) in [5.41, 5.74) is 2.35. The number of anilines is 3. The lowest BCUT2D eigenvalue weighted by Crippen LogP contribution is -2.30. The lowest BCUT2D eigenvalue weighted by Gasteiger charge is -2.20. The van der Waals surface area contributed by atoms with Crippen molar-refractivity contribution in [2.24, 2.45) is 5.92 Å². The van der Waals surface area contributed by atoms with Gasteiger partial charge in [0.2, 0.25) is 5.95 Å². The van der Waals surface area contributed by atoms with Gasteiger partial charge in [-0.3, -0.25) is 4.98 Å². The highest BCUT2D eigenvalue weighted by molar-refractivity contribution is 9.10. The molecule has 6 nitrogen and oxygen atoms in total. The summed E-state index contributed by atoms with van der Waals surface area (Å²) in [5, 5.41) is 16.2. The van der Waals surface area contributed by atoms with Gasteiger partial charge < -0.3 is 15.7 Å². The Kier molecular flexibility index (Phi) is 6.36. The van der Waals surface area contributed by atoms with E-state index in [0.29, 0.717) is 17.5 Å². The Hall–Kier alpha value is -2.51. The summed E-state index contributed by atoms with van der Waals surface area (Å²) in [5.74, 6) is 1.32. The molecule has 1 atom stereocenters. The first kappa shape index (κ1) is 19.3. The van der Waals surface area contributed by atoms with Crippen LogP contribution < -0.4 is 10.6 Å². The molecule has 0 saturated carbocycles. The number of aromatic nitrogens is 3. The predicted molar refractivity (Wildman–Crippen MR) is 112 cm³/mol. The summed E-state index contributed by atoms with van der Waals surface area (Å²) >= 11 is 3.54. The zero-order valence-corrected chi connectivity index (χ0v) is 16.8. The van der Waals surface area contributed by atoms with Gasteiger partial charge in [0.05, 0.1) is 29.7 Å². The average Bonchev–Trinajstić information content (AvgIpc) is 2.68.